The third-order valence-electron chi connectivity index (χ3n) is 4.51. The average Bonchev–Trinajstić information content (AvgIpc) is 2.91. The van der Waals surface area contributed by atoms with Crippen LogP contribution in [0.1, 0.15) is 0 Å². The Hall–Kier alpha value is -3.74. The van der Waals surface area contributed by atoms with Gasteiger partial charge in [0.2, 0.25) is 11.8 Å². The number of para-hydroxylation sites is 1. The number of aromatic nitrogens is 4. The first-order valence-electron chi connectivity index (χ1n) is 7.93. The Kier molecular flexibility index (Phi) is 2.88. The van der Waals surface area contributed by atoms with Gasteiger partial charge in [0, 0.05) is 35.2 Å². The fraction of sp³-hybridized carbons (Fsp3) is 0. The zero-order valence-electron chi connectivity index (χ0n) is 13.4. The van der Waals surface area contributed by atoms with Gasteiger partial charge in [0.05, 0.1) is 22.1 Å². The van der Waals surface area contributed by atoms with Crippen LogP contribution < -0.4 is 5.73 Å². The van der Waals surface area contributed by atoms with Gasteiger partial charge in [-0.25, -0.2) is 15.0 Å². The summed E-state index contributed by atoms with van der Waals surface area (Å²) in [6.45, 7) is 0. The van der Waals surface area contributed by atoms with Crippen LogP contribution in [0.3, 0.4) is 0 Å². The van der Waals surface area contributed by atoms with E-state index in [2.05, 4.69) is 15.0 Å². The molecule has 1 aliphatic carbocycles. The van der Waals surface area contributed by atoms with E-state index >= 15 is 0 Å². The quantitative estimate of drug-likeness (QED) is 0.580. The van der Waals surface area contributed by atoms with Crippen LogP contribution in [-0.4, -0.2) is 24.6 Å². The third kappa shape index (κ3) is 1.88. The van der Waals surface area contributed by atoms with Crippen LogP contribution in [0.2, 0.25) is 0 Å². The van der Waals surface area contributed by atoms with Crippen LogP contribution in [-0.2, 0) is 0 Å². The zero-order chi connectivity index (χ0) is 17.8. The summed E-state index contributed by atoms with van der Waals surface area (Å²) in [4.78, 5) is 12.4. The van der Waals surface area contributed by atoms with Crippen LogP contribution in [0.5, 0.6) is 5.88 Å². The Bertz CT molecular complexity index is 1270. The van der Waals surface area contributed by atoms with E-state index in [0.29, 0.717) is 33.1 Å². The van der Waals surface area contributed by atoms with Gasteiger partial charge in [-0.1, -0.05) is 24.3 Å². The maximum Gasteiger partial charge on any atom is 0.239 e. The summed E-state index contributed by atoms with van der Waals surface area (Å²) in [7, 11) is 0. The largest absolute Gasteiger partial charge is 0.494 e. The summed E-state index contributed by atoms with van der Waals surface area (Å²) >= 11 is 0. The highest BCUT2D eigenvalue weighted by Gasteiger charge is 2.20. The van der Waals surface area contributed by atoms with Gasteiger partial charge in [0.25, 0.3) is 0 Å². The number of benzene rings is 1. The summed E-state index contributed by atoms with van der Waals surface area (Å²) < 4.78 is 15.8. The number of rotatable bonds is 2. The fourth-order valence-electron chi connectivity index (χ4n) is 3.20. The van der Waals surface area contributed by atoms with Gasteiger partial charge < -0.3 is 10.8 Å². The van der Waals surface area contributed by atoms with E-state index in [-0.39, 0.29) is 11.6 Å². The number of hydrogen-bond acceptors (Lipinski definition) is 5. The number of aromatic hydroxyl groups is 1. The molecular formula is C19H12FN5O. The van der Waals surface area contributed by atoms with Gasteiger partial charge in [-0.3, -0.25) is 4.57 Å². The molecule has 1 aliphatic rings. The first-order valence-corrected chi connectivity index (χ1v) is 7.93. The number of nitrogens with zero attached hydrogens (tertiary/aromatic N) is 4. The summed E-state index contributed by atoms with van der Waals surface area (Å²) in [6, 6.07) is 5.26. The van der Waals surface area contributed by atoms with Gasteiger partial charge >= 0.3 is 0 Å². The fourth-order valence-corrected chi connectivity index (χ4v) is 3.20. The highest BCUT2D eigenvalue weighted by molar-refractivity contribution is 6.12. The van der Waals surface area contributed by atoms with E-state index in [1.807, 2.05) is 18.2 Å². The number of pyridine rings is 1. The second-order valence-corrected chi connectivity index (χ2v) is 5.96. The number of allylic oxidation sites excluding steroid dienone is 4. The lowest BCUT2D eigenvalue weighted by Gasteiger charge is -2.10. The first-order chi connectivity index (χ1) is 12.6. The minimum Gasteiger partial charge on any atom is -0.494 e. The van der Waals surface area contributed by atoms with E-state index < -0.39 is 5.95 Å². The number of nitrogens with two attached hydrogens (primary N) is 1. The highest BCUT2D eigenvalue weighted by atomic mass is 19.1. The molecule has 0 saturated heterocycles. The Morgan fingerprint density at radius 2 is 1.96 bits per heavy atom. The topological polar surface area (TPSA) is 89.9 Å². The zero-order valence-corrected chi connectivity index (χ0v) is 13.4. The minimum atomic E-state index is -0.675. The molecule has 6 nitrogen and oxygen atoms in total. The lowest BCUT2D eigenvalue weighted by molar-refractivity contribution is 0.450. The van der Waals surface area contributed by atoms with Crippen molar-refractivity contribution in [3.05, 3.63) is 61.0 Å². The molecular weight excluding hydrogens is 333 g/mol. The van der Waals surface area contributed by atoms with E-state index in [0.717, 1.165) is 5.70 Å². The maximum absolute atomic E-state index is 14.2. The summed E-state index contributed by atoms with van der Waals surface area (Å²) in [6.07, 6.45) is 10.0. The van der Waals surface area contributed by atoms with Crippen molar-refractivity contribution < 1.29 is 9.50 Å². The molecule has 126 valence electrons. The monoisotopic (exact) mass is 345 g/mol. The van der Waals surface area contributed by atoms with Crippen molar-refractivity contribution >= 4 is 33.2 Å². The maximum atomic E-state index is 14.2. The molecule has 5 rings (SSSR count). The number of hydrogen-bond donors (Lipinski definition) is 2. The Morgan fingerprint density at radius 1 is 1.15 bits per heavy atom. The van der Waals surface area contributed by atoms with Crippen molar-refractivity contribution in [2.45, 2.75) is 0 Å². The number of fused-ring (bicyclic) bond motifs is 2. The second kappa shape index (κ2) is 5.13. The summed E-state index contributed by atoms with van der Waals surface area (Å²) in [5, 5.41) is 11.7. The molecule has 1 aromatic carbocycles. The Morgan fingerprint density at radius 3 is 2.69 bits per heavy atom. The number of halogens is 1. The van der Waals surface area contributed by atoms with Crippen LogP contribution in [0.25, 0.3) is 38.8 Å². The van der Waals surface area contributed by atoms with Gasteiger partial charge in [-0.15, -0.1) is 0 Å². The van der Waals surface area contributed by atoms with E-state index in [1.165, 1.54) is 12.4 Å². The van der Waals surface area contributed by atoms with Crippen LogP contribution in [0.4, 0.5) is 10.1 Å². The molecule has 0 unspecified atom stereocenters. The van der Waals surface area contributed by atoms with Crippen molar-refractivity contribution in [3.63, 3.8) is 0 Å². The van der Waals surface area contributed by atoms with Crippen LogP contribution in [0.15, 0.2) is 55.0 Å². The lowest BCUT2D eigenvalue weighted by atomic mass is 10.0. The Balaban J connectivity index is 1.87. The first kappa shape index (κ1) is 14.6. The van der Waals surface area contributed by atoms with Gasteiger partial charge in [-0.2, -0.15) is 4.39 Å². The molecule has 0 spiro atoms. The van der Waals surface area contributed by atoms with E-state index in [9.17, 15) is 9.50 Å². The second-order valence-electron chi connectivity index (χ2n) is 5.96. The molecule has 0 aliphatic heterocycles. The predicted molar refractivity (Wildman–Crippen MR) is 97.7 cm³/mol. The normalized spacial score (nSPS) is 13.2. The molecule has 3 aromatic heterocycles. The smallest absolute Gasteiger partial charge is 0.239 e. The minimum absolute atomic E-state index is 0.0265. The van der Waals surface area contributed by atoms with Crippen molar-refractivity contribution in [2.75, 3.05) is 5.73 Å². The van der Waals surface area contributed by atoms with Gasteiger partial charge in [-0.05, 0) is 12.2 Å². The molecule has 4 aromatic rings. The molecule has 26 heavy (non-hydrogen) atoms. The standard InChI is InChI=1S/C19H12FN5O/c20-18-17(22-7-8-23-18)12-6-2-5-11-15(21)14-13(24-16(11)12)9-25(19(14)26)10-3-1-4-10/h1-9,26H,21H2. The summed E-state index contributed by atoms with van der Waals surface area (Å²) in [5.74, 6) is -0.649. The highest BCUT2D eigenvalue weighted by Crippen LogP contribution is 2.40. The van der Waals surface area contributed by atoms with Crippen LogP contribution >= 0.6 is 0 Å². The van der Waals surface area contributed by atoms with Gasteiger partial charge in [0.1, 0.15) is 5.69 Å². The molecule has 0 fully saturated rings. The SMILES string of the molecule is Nc1c2cccc(-c3nccnc3F)c2nc2cn(C3=CC=C3)c(O)c12. The van der Waals surface area contributed by atoms with Crippen molar-refractivity contribution in [2.24, 2.45) is 0 Å². The van der Waals surface area contributed by atoms with Crippen molar-refractivity contribution in [1.29, 1.82) is 0 Å². The van der Waals surface area contributed by atoms with Crippen molar-refractivity contribution in [3.8, 4) is 17.1 Å². The number of anilines is 1. The molecule has 3 N–H and O–H groups in total. The number of nitrogen functional groups attached to an aromatic ring is 1. The average molecular weight is 345 g/mol. The third-order valence-corrected chi connectivity index (χ3v) is 4.51. The van der Waals surface area contributed by atoms with Gasteiger partial charge in [0.15, 0.2) is 0 Å². The molecule has 0 radical (unpaired) electrons. The summed E-state index contributed by atoms with van der Waals surface area (Å²) in [5.41, 5.74) is 9.19. The molecule has 3 heterocycles. The van der Waals surface area contributed by atoms with E-state index in [1.54, 1.807) is 29.0 Å². The van der Waals surface area contributed by atoms with Crippen molar-refractivity contribution in [1.82, 2.24) is 19.5 Å². The predicted octanol–water partition coefficient (Wildman–Crippen LogP) is 3.48. The molecule has 0 saturated carbocycles. The molecule has 7 heteroatoms. The molecule has 0 bridgehead atoms. The van der Waals surface area contributed by atoms with Crippen LogP contribution in [0, 0.1) is 5.95 Å². The van der Waals surface area contributed by atoms with E-state index in [4.69, 9.17) is 5.73 Å². The lowest BCUT2D eigenvalue weighted by Crippen LogP contribution is -1.96. The molecule has 0 amide bonds. The molecule has 0 atom stereocenters. The Labute approximate surface area is 146 Å².